The van der Waals surface area contributed by atoms with Crippen LogP contribution in [0.1, 0.15) is 11.1 Å². The highest BCUT2D eigenvalue weighted by Crippen LogP contribution is 2.30. The van der Waals surface area contributed by atoms with Gasteiger partial charge in [-0.3, -0.25) is 10.7 Å². The Morgan fingerprint density at radius 2 is 1.58 bits per heavy atom. The van der Waals surface area contributed by atoms with E-state index < -0.39 is 24.3 Å². The number of benzene rings is 2. The molecule has 26 heavy (non-hydrogen) atoms. The topological polar surface area (TPSA) is 70.5 Å². The van der Waals surface area contributed by atoms with E-state index in [1.54, 1.807) is 28.1 Å². The molecule has 2 aromatic rings. The van der Waals surface area contributed by atoms with E-state index in [9.17, 15) is 13.2 Å². The molecule has 1 fully saturated rings. The molecule has 5 nitrogen and oxygen atoms in total. The number of nitrogens with two attached hydrogens (primary N) is 2. The van der Waals surface area contributed by atoms with Crippen molar-refractivity contribution in [3.8, 4) is 0 Å². The molecule has 0 spiro atoms. The minimum atomic E-state index is -4.37. The molecule has 1 aliphatic rings. The van der Waals surface area contributed by atoms with E-state index in [0.29, 0.717) is 21.3 Å². The quantitative estimate of drug-likeness (QED) is 0.730. The highest BCUT2D eigenvalue weighted by Gasteiger charge is 2.36. The Bertz CT molecular complexity index is 764. The van der Waals surface area contributed by atoms with Crippen LogP contribution in [-0.4, -0.2) is 17.5 Å². The lowest BCUT2D eigenvalue weighted by atomic mass is 10.1. The van der Waals surface area contributed by atoms with Gasteiger partial charge in [-0.2, -0.15) is 13.2 Å². The molecule has 0 aromatic heterocycles. The minimum absolute atomic E-state index is 0.262. The van der Waals surface area contributed by atoms with Gasteiger partial charge in [-0.15, -0.1) is 0 Å². The van der Waals surface area contributed by atoms with Crippen molar-refractivity contribution < 1.29 is 13.2 Å². The second kappa shape index (κ2) is 7.22. The second-order valence-electron chi connectivity index (χ2n) is 5.85. The maximum absolute atomic E-state index is 12.7. The van der Waals surface area contributed by atoms with Crippen molar-refractivity contribution in [2.75, 3.05) is 5.01 Å². The smallest absolute Gasteiger partial charge is 0.302 e. The van der Waals surface area contributed by atoms with Crippen LogP contribution in [0.4, 0.5) is 18.9 Å². The van der Waals surface area contributed by atoms with Gasteiger partial charge in [-0.1, -0.05) is 35.3 Å². The number of hydrogen-bond acceptors (Lipinski definition) is 5. The lowest BCUT2D eigenvalue weighted by Gasteiger charge is -2.27. The van der Waals surface area contributed by atoms with Gasteiger partial charge < -0.3 is 5.73 Å². The number of nitrogens with one attached hydrogen (secondary N) is 1. The number of rotatable bonds is 3. The van der Waals surface area contributed by atoms with Crippen LogP contribution in [0.3, 0.4) is 0 Å². The largest absolute Gasteiger partial charge is 0.416 e. The van der Waals surface area contributed by atoms with Crippen molar-refractivity contribution in [3.63, 3.8) is 0 Å². The number of halogens is 5. The maximum atomic E-state index is 12.7. The summed E-state index contributed by atoms with van der Waals surface area (Å²) in [6.07, 6.45) is -5.67. The van der Waals surface area contributed by atoms with Gasteiger partial charge in [-0.25, -0.2) is 10.3 Å². The summed E-state index contributed by atoms with van der Waals surface area (Å²) < 4.78 is 38.0. The van der Waals surface area contributed by atoms with Crippen LogP contribution in [-0.2, 0) is 12.7 Å². The van der Waals surface area contributed by atoms with Gasteiger partial charge in [0.25, 0.3) is 0 Å². The standard InChI is InChI=1S/C16H16Cl2F3N5/c17-11-5-12(18)7-13(6-11)26-15(23)25(14(22)24-26)8-9-1-3-10(4-2-9)16(19,20)21/h1-7,14-15,24H,8,22-23H2. The van der Waals surface area contributed by atoms with E-state index in [2.05, 4.69) is 5.43 Å². The summed E-state index contributed by atoms with van der Waals surface area (Å²) in [7, 11) is 0. The molecule has 140 valence electrons. The first kappa shape index (κ1) is 19.2. The first-order valence-corrected chi connectivity index (χ1v) is 8.35. The molecule has 3 rings (SSSR count). The van der Waals surface area contributed by atoms with Gasteiger partial charge in [0, 0.05) is 16.6 Å². The van der Waals surface area contributed by atoms with Crippen molar-refractivity contribution in [2.24, 2.45) is 11.5 Å². The third-order valence-corrected chi connectivity index (χ3v) is 4.44. The van der Waals surface area contributed by atoms with Crippen LogP contribution in [0.25, 0.3) is 0 Å². The van der Waals surface area contributed by atoms with Crippen LogP contribution >= 0.6 is 23.2 Å². The third kappa shape index (κ3) is 4.06. The summed E-state index contributed by atoms with van der Waals surface area (Å²) in [5.74, 6) is 0. The summed E-state index contributed by atoms with van der Waals surface area (Å²) in [6.45, 7) is 0.262. The number of nitrogens with zero attached hydrogens (tertiary/aromatic N) is 2. The molecule has 10 heteroatoms. The highest BCUT2D eigenvalue weighted by molar-refractivity contribution is 6.35. The predicted octanol–water partition coefficient (Wildman–Crippen LogP) is 3.32. The molecular weight excluding hydrogens is 390 g/mol. The molecule has 2 unspecified atom stereocenters. The molecule has 5 N–H and O–H groups in total. The summed E-state index contributed by atoms with van der Waals surface area (Å²) in [4.78, 5) is 1.69. The Morgan fingerprint density at radius 3 is 2.12 bits per heavy atom. The Balaban J connectivity index is 1.77. The molecular formula is C16H16Cl2F3N5. The molecule has 1 heterocycles. The van der Waals surface area contributed by atoms with Crippen LogP contribution in [0, 0.1) is 0 Å². The predicted molar refractivity (Wildman–Crippen MR) is 95.0 cm³/mol. The molecule has 2 atom stereocenters. The zero-order valence-electron chi connectivity index (χ0n) is 13.3. The summed E-state index contributed by atoms with van der Waals surface area (Å²) in [6, 6.07) is 9.81. The average molecular weight is 406 g/mol. The molecule has 1 aliphatic heterocycles. The van der Waals surface area contributed by atoms with Gasteiger partial charge in [0.05, 0.1) is 11.3 Å². The summed E-state index contributed by atoms with van der Waals surface area (Å²) >= 11 is 12.0. The van der Waals surface area contributed by atoms with E-state index in [4.69, 9.17) is 34.7 Å². The molecule has 0 radical (unpaired) electrons. The first-order chi connectivity index (χ1) is 12.1. The zero-order chi connectivity index (χ0) is 19.1. The lowest BCUT2D eigenvalue weighted by molar-refractivity contribution is -0.137. The fourth-order valence-corrected chi connectivity index (χ4v) is 3.23. The van der Waals surface area contributed by atoms with Crippen LogP contribution < -0.4 is 21.9 Å². The zero-order valence-corrected chi connectivity index (χ0v) is 14.9. The molecule has 0 aliphatic carbocycles. The van der Waals surface area contributed by atoms with Gasteiger partial charge in [0.15, 0.2) is 6.29 Å². The summed E-state index contributed by atoms with van der Waals surface area (Å²) in [5, 5.41) is 2.49. The summed E-state index contributed by atoms with van der Waals surface area (Å²) in [5.41, 5.74) is 15.9. The van der Waals surface area contributed by atoms with E-state index in [0.717, 1.165) is 12.1 Å². The van der Waals surface area contributed by atoms with Crippen molar-refractivity contribution in [1.29, 1.82) is 0 Å². The van der Waals surface area contributed by atoms with Crippen molar-refractivity contribution >= 4 is 28.9 Å². The van der Waals surface area contributed by atoms with Crippen molar-refractivity contribution in [1.82, 2.24) is 10.3 Å². The molecule has 0 saturated carbocycles. The van der Waals surface area contributed by atoms with Gasteiger partial charge in [-0.05, 0) is 35.9 Å². The third-order valence-electron chi connectivity index (χ3n) is 4.00. The Morgan fingerprint density at radius 1 is 1.00 bits per heavy atom. The highest BCUT2D eigenvalue weighted by atomic mass is 35.5. The average Bonchev–Trinajstić information content (AvgIpc) is 2.82. The van der Waals surface area contributed by atoms with Crippen molar-refractivity contribution in [3.05, 3.63) is 63.6 Å². The fourth-order valence-electron chi connectivity index (χ4n) is 2.71. The number of hydrazine groups is 1. The van der Waals surface area contributed by atoms with Crippen molar-refractivity contribution in [2.45, 2.75) is 25.3 Å². The molecule has 1 saturated heterocycles. The number of hydrogen-bond donors (Lipinski definition) is 3. The lowest BCUT2D eigenvalue weighted by Crippen LogP contribution is -2.48. The Hall–Kier alpha value is -1.55. The second-order valence-corrected chi connectivity index (χ2v) is 6.73. The van der Waals surface area contributed by atoms with E-state index in [1.807, 2.05) is 0 Å². The van der Waals surface area contributed by atoms with E-state index in [-0.39, 0.29) is 6.54 Å². The maximum Gasteiger partial charge on any atom is 0.416 e. The molecule has 0 amide bonds. The number of alkyl halides is 3. The fraction of sp³-hybridized carbons (Fsp3) is 0.250. The van der Waals surface area contributed by atoms with Crippen LogP contribution in [0.15, 0.2) is 42.5 Å². The normalized spacial score (nSPS) is 21.4. The van der Waals surface area contributed by atoms with Crippen LogP contribution in [0.2, 0.25) is 10.0 Å². The van der Waals surface area contributed by atoms with E-state index >= 15 is 0 Å². The first-order valence-electron chi connectivity index (χ1n) is 7.60. The minimum Gasteiger partial charge on any atom is -0.302 e. The van der Waals surface area contributed by atoms with Crippen LogP contribution in [0.5, 0.6) is 0 Å². The van der Waals surface area contributed by atoms with Gasteiger partial charge in [0.1, 0.15) is 6.29 Å². The molecule has 0 bridgehead atoms. The monoisotopic (exact) mass is 405 g/mol. The Labute approximate surface area is 158 Å². The van der Waals surface area contributed by atoms with Gasteiger partial charge in [0.2, 0.25) is 0 Å². The Kier molecular flexibility index (Phi) is 5.34. The SMILES string of the molecule is NC1NN(c2cc(Cl)cc(Cl)c2)C(N)N1Cc1ccc(C(F)(F)F)cc1. The molecule has 2 aromatic carbocycles. The number of anilines is 1. The van der Waals surface area contributed by atoms with E-state index in [1.165, 1.54) is 12.1 Å². The van der Waals surface area contributed by atoms with Gasteiger partial charge >= 0.3 is 6.18 Å².